The summed E-state index contributed by atoms with van der Waals surface area (Å²) >= 11 is 0. The number of methoxy groups -OCH3 is 1. The average Bonchev–Trinajstić information content (AvgIpc) is 2.76. The molecule has 2 atom stereocenters. The number of rotatable bonds is 3. The molecule has 0 aliphatic rings. The van der Waals surface area contributed by atoms with Crippen molar-refractivity contribution in [2.75, 3.05) is 7.11 Å². The fourth-order valence-electron chi connectivity index (χ4n) is 2.26. The van der Waals surface area contributed by atoms with E-state index in [1.807, 2.05) is 0 Å². The van der Waals surface area contributed by atoms with Gasteiger partial charge in [0.1, 0.15) is 0 Å². The molecule has 1 aromatic heterocycles. The van der Waals surface area contributed by atoms with Gasteiger partial charge in [-0.15, -0.1) is 0 Å². The van der Waals surface area contributed by atoms with Gasteiger partial charge < -0.3 is 19.9 Å². The number of aromatic nitrogens is 1. The molecule has 1 heterocycles. The molecular weight excluding hydrogens is 246 g/mol. The Bertz CT molecular complexity index is 613. The summed E-state index contributed by atoms with van der Waals surface area (Å²) in [6, 6.07) is 5.03. The van der Waals surface area contributed by atoms with Crippen LogP contribution in [0.4, 0.5) is 0 Å². The van der Waals surface area contributed by atoms with Crippen molar-refractivity contribution >= 4 is 16.9 Å². The predicted molar refractivity (Wildman–Crippen MR) is 70.9 cm³/mol. The molecule has 2 aromatic rings. The number of nitrogens with one attached hydrogen (secondary N) is 1. The number of hydrogen-bond acceptors (Lipinski definition) is 4. The Morgan fingerprint density at radius 1 is 1.26 bits per heavy atom. The monoisotopic (exact) mass is 263 g/mol. The zero-order valence-electron chi connectivity index (χ0n) is 11.1. The van der Waals surface area contributed by atoms with Crippen molar-refractivity contribution in [1.29, 1.82) is 0 Å². The largest absolute Gasteiger partial charge is 0.465 e. The maximum Gasteiger partial charge on any atom is 0.337 e. The van der Waals surface area contributed by atoms with Crippen molar-refractivity contribution in [3.05, 3.63) is 35.0 Å². The van der Waals surface area contributed by atoms with E-state index in [2.05, 4.69) is 9.72 Å². The average molecular weight is 263 g/mol. The standard InChI is InChI=1S/C14H17NO4/c1-7(16)12-10-6-9(14(18)19-3)4-5-11(10)15-13(12)8(2)17/h4-8,15-17H,1-3H3/t7-,8-/m0/s1. The highest BCUT2D eigenvalue weighted by Crippen LogP contribution is 2.32. The Morgan fingerprint density at radius 2 is 1.95 bits per heavy atom. The summed E-state index contributed by atoms with van der Waals surface area (Å²) < 4.78 is 4.68. The van der Waals surface area contributed by atoms with E-state index in [1.165, 1.54) is 7.11 Å². The van der Waals surface area contributed by atoms with Gasteiger partial charge in [-0.2, -0.15) is 0 Å². The molecule has 5 nitrogen and oxygen atoms in total. The minimum Gasteiger partial charge on any atom is -0.465 e. The highest BCUT2D eigenvalue weighted by atomic mass is 16.5. The first-order valence-electron chi connectivity index (χ1n) is 6.05. The first-order valence-corrected chi connectivity index (χ1v) is 6.05. The molecule has 0 radical (unpaired) electrons. The van der Waals surface area contributed by atoms with E-state index in [-0.39, 0.29) is 0 Å². The highest BCUT2D eigenvalue weighted by molar-refractivity contribution is 5.96. The molecule has 0 spiro atoms. The van der Waals surface area contributed by atoms with Gasteiger partial charge >= 0.3 is 5.97 Å². The summed E-state index contributed by atoms with van der Waals surface area (Å²) in [7, 11) is 1.32. The lowest BCUT2D eigenvalue weighted by Crippen LogP contribution is -2.02. The lowest BCUT2D eigenvalue weighted by Gasteiger charge is -2.09. The maximum absolute atomic E-state index is 11.5. The summed E-state index contributed by atoms with van der Waals surface area (Å²) in [5, 5.41) is 20.3. The van der Waals surface area contributed by atoms with Crippen molar-refractivity contribution < 1.29 is 19.7 Å². The van der Waals surface area contributed by atoms with E-state index in [9.17, 15) is 15.0 Å². The molecule has 0 bridgehead atoms. The highest BCUT2D eigenvalue weighted by Gasteiger charge is 2.20. The summed E-state index contributed by atoms with van der Waals surface area (Å²) in [4.78, 5) is 14.6. The normalized spacial score (nSPS) is 14.4. The molecule has 0 aliphatic carbocycles. The second kappa shape index (κ2) is 5.03. The van der Waals surface area contributed by atoms with Crippen molar-refractivity contribution in [2.45, 2.75) is 26.1 Å². The fourth-order valence-corrected chi connectivity index (χ4v) is 2.26. The molecule has 0 aliphatic heterocycles. The molecule has 0 fully saturated rings. The number of hydrogen-bond donors (Lipinski definition) is 3. The van der Waals surface area contributed by atoms with E-state index in [0.29, 0.717) is 22.2 Å². The van der Waals surface area contributed by atoms with E-state index < -0.39 is 18.2 Å². The molecule has 0 saturated carbocycles. The third-order valence-electron chi connectivity index (χ3n) is 3.13. The number of esters is 1. The van der Waals surface area contributed by atoms with E-state index in [4.69, 9.17) is 0 Å². The Morgan fingerprint density at radius 3 is 2.47 bits per heavy atom. The van der Waals surface area contributed by atoms with Crippen LogP contribution in [0, 0.1) is 0 Å². The van der Waals surface area contributed by atoms with Gasteiger partial charge in [0.2, 0.25) is 0 Å². The van der Waals surface area contributed by atoms with Crippen LogP contribution < -0.4 is 0 Å². The number of aliphatic hydroxyl groups excluding tert-OH is 2. The maximum atomic E-state index is 11.5. The number of aromatic amines is 1. The number of fused-ring (bicyclic) bond motifs is 1. The topological polar surface area (TPSA) is 82.6 Å². The van der Waals surface area contributed by atoms with Crippen LogP contribution in [0.3, 0.4) is 0 Å². The summed E-state index contributed by atoms with van der Waals surface area (Å²) in [6.07, 6.45) is -1.47. The Kier molecular flexibility index (Phi) is 3.59. The van der Waals surface area contributed by atoms with E-state index in [1.54, 1.807) is 32.0 Å². The van der Waals surface area contributed by atoms with Gasteiger partial charge in [0.25, 0.3) is 0 Å². The number of ether oxygens (including phenoxy) is 1. The minimum absolute atomic E-state index is 0.410. The van der Waals surface area contributed by atoms with Gasteiger partial charge in [-0.1, -0.05) is 0 Å². The third-order valence-corrected chi connectivity index (χ3v) is 3.13. The smallest absolute Gasteiger partial charge is 0.337 e. The first-order chi connectivity index (χ1) is 8.95. The number of carbonyl (C=O) groups excluding carboxylic acids is 1. The minimum atomic E-state index is -0.744. The molecule has 5 heteroatoms. The molecule has 3 N–H and O–H groups in total. The lowest BCUT2D eigenvalue weighted by atomic mass is 10.0. The molecule has 102 valence electrons. The van der Waals surface area contributed by atoms with Crippen LogP contribution in [0.2, 0.25) is 0 Å². The second-order valence-electron chi connectivity index (χ2n) is 4.56. The first kappa shape index (κ1) is 13.6. The van der Waals surface area contributed by atoms with Crippen LogP contribution in [-0.4, -0.2) is 28.3 Å². The fraction of sp³-hybridized carbons (Fsp3) is 0.357. The van der Waals surface area contributed by atoms with Crippen LogP contribution in [-0.2, 0) is 4.74 Å². The zero-order valence-corrected chi connectivity index (χ0v) is 11.1. The van der Waals surface area contributed by atoms with Crippen molar-refractivity contribution in [3.63, 3.8) is 0 Å². The van der Waals surface area contributed by atoms with Gasteiger partial charge in [0, 0.05) is 16.5 Å². The van der Waals surface area contributed by atoms with Crippen LogP contribution in [0.5, 0.6) is 0 Å². The summed E-state index contributed by atoms with van der Waals surface area (Å²) in [6.45, 7) is 3.25. The van der Waals surface area contributed by atoms with Gasteiger partial charge in [0.05, 0.1) is 30.6 Å². The Balaban J connectivity index is 2.69. The molecular formula is C14H17NO4. The number of carbonyl (C=O) groups is 1. The molecule has 0 saturated heterocycles. The van der Waals surface area contributed by atoms with E-state index in [0.717, 1.165) is 5.52 Å². The predicted octanol–water partition coefficient (Wildman–Crippen LogP) is 2.06. The van der Waals surface area contributed by atoms with Crippen LogP contribution in [0.25, 0.3) is 10.9 Å². The summed E-state index contributed by atoms with van der Waals surface area (Å²) in [5.74, 6) is -0.432. The second-order valence-corrected chi connectivity index (χ2v) is 4.56. The zero-order chi connectivity index (χ0) is 14.2. The molecule has 1 aromatic carbocycles. The number of benzene rings is 1. The SMILES string of the molecule is COC(=O)c1ccc2[nH]c([C@H](C)O)c([C@H](C)O)c2c1. The van der Waals surface area contributed by atoms with Gasteiger partial charge in [0.15, 0.2) is 0 Å². The van der Waals surface area contributed by atoms with Crippen molar-refractivity contribution in [1.82, 2.24) is 4.98 Å². The molecule has 0 unspecified atom stereocenters. The van der Waals surface area contributed by atoms with Crippen LogP contribution >= 0.6 is 0 Å². The molecule has 0 amide bonds. The van der Waals surface area contributed by atoms with E-state index >= 15 is 0 Å². The lowest BCUT2D eigenvalue weighted by molar-refractivity contribution is 0.0601. The summed E-state index contributed by atoms with van der Waals surface area (Å²) in [5.41, 5.74) is 2.34. The Labute approximate surface area is 110 Å². The third kappa shape index (κ3) is 2.34. The van der Waals surface area contributed by atoms with Crippen molar-refractivity contribution in [3.8, 4) is 0 Å². The number of aliphatic hydroxyl groups is 2. The van der Waals surface area contributed by atoms with Crippen LogP contribution in [0.15, 0.2) is 18.2 Å². The number of H-pyrrole nitrogens is 1. The molecule has 2 rings (SSSR count). The van der Waals surface area contributed by atoms with Gasteiger partial charge in [-0.25, -0.2) is 4.79 Å². The Hall–Kier alpha value is -1.85. The van der Waals surface area contributed by atoms with Crippen LogP contribution in [0.1, 0.15) is 47.7 Å². The molecule has 19 heavy (non-hydrogen) atoms. The van der Waals surface area contributed by atoms with Gasteiger partial charge in [-0.05, 0) is 32.0 Å². The van der Waals surface area contributed by atoms with Crippen molar-refractivity contribution in [2.24, 2.45) is 0 Å². The van der Waals surface area contributed by atoms with Gasteiger partial charge in [-0.3, -0.25) is 0 Å². The quantitative estimate of drug-likeness (QED) is 0.740.